The van der Waals surface area contributed by atoms with Crippen LogP contribution in [0, 0.1) is 0 Å². The highest BCUT2D eigenvalue weighted by atomic mass is 35.5. The second kappa shape index (κ2) is 6.99. The maximum absolute atomic E-state index is 12.9. The third-order valence-corrected chi connectivity index (χ3v) is 6.78. The van der Waals surface area contributed by atoms with E-state index in [0.717, 1.165) is 10.9 Å². The molecule has 0 bridgehead atoms. The van der Waals surface area contributed by atoms with E-state index >= 15 is 0 Å². The summed E-state index contributed by atoms with van der Waals surface area (Å²) in [5.74, 6) is -0.0760. The summed E-state index contributed by atoms with van der Waals surface area (Å²) in [7, 11) is -3.65. The Labute approximate surface area is 162 Å². The van der Waals surface area contributed by atoms with Crippen molar-refractivity contribution in [3.63, 3.8) is 0 Å². The Morgan fingerprint density at radius 1 is 0.963 bits per heavy atom. The first kappa shape index (κ1) is 18.0. The van der Waals surface area contributed by atoms with Gasteiger partial charge in [0.25, 0.3) is 15.9 Å². The molecule has 2 heterocycles. The molecule has 0 atom stereocenters. The number of aromatic nitrogens is 1. The zero-order valence-electron chi connectivity index (χ0n) is 14.4. The summed E-state index contributed by atoms with van der Waals surface area (Å²) in [6.45, 7) is 1.24. The first-order chi connectivity index (χ1) is 12.9. The Morgan fingerprint density at radius 2 is 1.67 bits per heavy atom. The average Bonchev–Trinajstić information content (AvgIpc) is 3.12. The molecule has 6 nitrogen and oxygen atoms in total. The molecule has 140 valence electrons. The van der Waals surface area contributed by atoms with Gasteiger partial charge in [0.05, 0.1) is 0 Å². The van der Waals surface area contributed by atoms with Crippen molar-refractivity contribution >= 4 is 38.4 Å². The van der Waals surface area contributed by atoms with Gasteiger partial charge >= 0.3 is 0 Å². The van der Waals surface area contributed by atoms with Gasteiger partial charge in [0.1, 0.15) is 5.03 Å². The van der Waals surface area contributed by atoms with Crippen LogP contribution in [0.3, 0.4) is 0 Å². The number of nitrogens with zero attached hydrogens (tertiary/aromatic N) is 2. The Hall–Kier alpha value is -2.35. The van der Waals surface area contributed by atoms with E-state index in [1.165, 1.54) is 4.31 Å². The highest BCUT2D eigenvalue weighted by Crippen LogP contribution is 2.25. The second-order valence-electron chi connectivity index (χ2n) is 6.43. The molecule has 4 rings (SSSR count). The number of amides is 1. The molecule has 1 fully saturated rings. The Morgan fingerprint density at radius 3 is 2.37 bits per heavy atom. The first-order valence-electron chi connectivity index (χ1n) is 8.58. The zero-order chi connectivity index (χ0) is 19.0. The van der Waals surface area contributed by atoms with Gasteiger partial charge in [0.2, 0.25) is 0 Å². The number of carbonyl (C=O) groups is 1. The largest absolute Gasteiger partial charge is 0.345 e. The fourth-order valence-electron chi connectivity index (χ4n) is 3.25. The number of hydrogen-bond donors (Lipinski definition) is 1. The molecular weight excluding hydrogens is 386 g/mol. The molecule has 1 saturated heterocycles. The van der Waals surface area contributed by atoms with Crippen molar-refractivity contribution in [3.05, 3.63) is 65.2 Å². The monoisotopic (exact) mass is 403 g/mol. The summed E-state index contributed by atoms with van der Waals surface area (Å²) in [6, 6.07) is 15.8. The van der Waals surface area contributed by atoms with Crippen molar-refractivity contribution in [1.82, 2.24) is 14.2 Å². The minimum absolute atomic E-state index is 0.0760. The number of hydrogen-bond acceptors (Lipinski definition) is 3. The number of nitrogens with one attached hydrogen (secondary N) is 1. The number of H-pyrrole nitrogens is 1. The molecule has 27 heavy (non-hydrogen) atoms. The predicted octanol–water partition coefficient (Wildman–Crippen LogP) is 2.97. The van der Waals surface area contributed by atoms with E-state index in [-0.39, 0.29) is 24.0 Å². The first-order valence-corrected chi connectivity index (χ1v) is 10.4. The molecule has 0 spiro atoms. The number of piperazine rings is 1. The SMILES string of the molecule is O=C(c1ccccc1)N1CCN(S(=O)(=O)c2cc3cc(Cl)ccc3[nH]2)CC1. The van der Waals surface area contributed by atoms with Crippen molar-refractivity contribution in [2.45, 2.75) is 5.03 Å². The van der Waals surface area contributed by atoms with Crippen LogP contribution in [0.15, 0.2) is 59.6 Å². The fraction of sp³-hybridized carbons (Fsp3) is 0.211. The molecule has 1 aliphatic heterocycles. The van der Waals surface area contributed by atoms with Crippen LogP contribution in [0.4, 0.5) is 0 Å². The Balaban J connectivity index is 1.50. The predicted molar refractivity (Wildman–Crippen MR) is 104 cm³/mol. The van der Waals surface area contributed by atoms with Crippen LogP contribution in [0.5, 0.6) is 0 Å². The van der Waals surface area contributed by atoms with Crippen LogP contribution in [0.2, 0.25) is 5.02 Å². The van der Waals surface area contributed by atoms with Gasteiger partial charge in [0.15, 0.2) is 0 Å². The molecule has 1 aliphatic rings. The molecular formula is C19H18ClN3O3S. The van der Waals surface area contributed by atoms with Gasteiger partial charge in [0, 0.05) is 47.7 Å². The standard InChI is InChI=1S/C19H18ClN3O3S/c20-16-6-7-17-15(12-16)13-18(21-17)27(25,26)23-10-8-22(9-11-23)19(24)14-4-2-1-3-5-14/h1-7,12-13,21H,8-11H2. The highest BCUT2D eigenvalue weighted by Gasteiger charge is 2.31. The average molecular weight is 404 g/mol. The quantitative estimate of drug-likeness (QED) is 0.730. The highest BCUT2D eigenvalue weighted by molar-refractivity contribution is 7.89. The topological polar surface area (TPSA) is 73.5 Å². The van der Waals surface area contributed by atoms with E-state index in [9.17, 15) is 13.2 Å². The normalized spacial score (nSPS) is 16.0. The minimum atomic E-state index is -3.65. The van der Waals surface area contributed by atoms with Gasteiger partial charge in [-0.25, -0.2) is 8.42 Å². The number of benzene rings is 2. The number of aromatic amines is 1. The van der Waals surface area contributed by atoms with E-state index in [1.807, 2.05) is 18.2 Å². The van der Waals surface area contributed by atoms with Gasteiger partial charge in [-0.05, 0) is 36.4 Å². The van der Waals surface area contributed by atoms with Gasteiger partial charge in [-0.15, -0.1) is 0 Å². The van der Waals surface area contributed by atoms with E-state index in [0.29, 0.717) is 23.7 Å². The third kappa shape index (κ3) is 3.45. The van der Waals surface area contributed by atoms with Gasteiger partial charge in [-0.3, -0.25) is 4.79 Å². The number of sulfonamides is 1. The van der Waals surface area contributed by atoms with Crippen molar-refractivity contribution < 1.29 is 13.2 Å². The maximum atomic E-state index is 12.9. The summed E-state index contributed by atoms with van der Waals surface area (Å²) in [5.41, 5.74) is 1.33. The maximum Gasteiger partial charge on any atom is 0.258 e. The molecule has 1 amide bonds. The summed E-state index contributed by atoms with van der Waals surface area (Å²) in [5, 5.41) is 1.44. The summed E-state index contributed by atoms with van der Waals surface area (Å²) < 4.78 is 27.3. The van der Waals surface area contributed by atoms with Crippen LogP contribution in [0.1, 0.15) is 10.4 Å². The van der Waals surface area contributed by atoms with Crippen LogP contribution >= 0.6 is 11.6 Å². The molecule has 0 saturated carbocycles. The zero-order valence-corrected chi connectivity index (χ0v) is 16.0. The molecule has 8 heteroatoms. The summed E-state index contributed by atoms with van der Waals surface area (Å²) >= 11 is 5.98. The third-order valence-electron chi connectivity index (χ3n) is 4.72. The van der Waals surface area contributed by atoms with E-state index in [2.05, 4.69) is 4.98 Å². The van der Waals surface area contributed by atoms with Gasteiger partial charge in [-0.2, -0.15) is 4.31 Å². The molecule has 0 unspecified atom stereocenters. The number of rotatable bonds is 3. The van der Waals surface area contributed by atoms with Crippen molar-refractivity contribution in [1.29, 1.82) is 0 Å². The van der Waals surface area contributed by atoms with Gasteiger partial charge in [-0.1, -0.05) is 29.8 Å². The van der Waals surface area contributed by atoms with Crippen molar-refractivity contribution in [2.24, 2.45) is 0 Å². The number of carbonyl (C=O) groups excluding carboxylic acids is 1. The van der Waals surface area contributed by atoms with Crippen LogP contribution in [0.25, 0.3) is 10.9 Å². The van der Waals surface area contributed by atoms with Crippen molar-refractivity contribution in [3.8, 4) is 0 Å². The summed E-state index contributed by atoms with van der Waals surface area (Å²) in [6.07, 6.45) is 0. The molecule has 0 aliphatic carbocycles. The van der Waals surface area contributed by atoms with E-state index in [4.69, 9.17) is 11.6 Å². The molecule has 1 aromatic heterocycles. The smallest absolute Gasteiger partial charge is 0.258 e. The second-order valence-corrected chi connectivity index (χ2v) is 8.77. The van der Waals surface area contributed by atoms with E-state index < -0.39 is 10.0 Å². The van der Waals surface area contributed by atoms with Gasteiger partial charge < -0.3 is 9.88 Å². The number of fused-ring (bicyclic) bond motifs is 1. The summed E-state index contributed by atoms with van der Waals surface area (Å²) in [4.78, 5) is 17.2. The number of halogens is 1. The molecule has 0 radical (unpaired) electrons. The lowest BCUT2D eigenvalue weighted by molar-refractivity contribution is 0.0698. The van der Waals surface area contributed by atoms with Crippen LogP contribution in [-0.4, -0.2) is 54.7 Å². The fourth-order valence-corrected chi connectivity index (χ4v) is 4.87. The van der Waals surface area contributed by atoms with Crippen LogP contribution < -0.4 is 0 Å². The lowest BCUT2D eigenvalue weighted by Gasteiger charge is -2.33. The molecule has 2 aromatic carbocycles. The van der Waals surface area contributed by atoms with Crippen molar-refractivity contribution in [2.75, 3.05) is 26.2 Å². The van der Waals surface area contributed by atoms with E-state index in [1.54, 1.807) is 41.3 Å². The van der Waals surface area contributed by atoms with Crippen LogP contribution in [-0.2, 0) is 10.0 Å². The lowest BCUT2D eigenvalue weighted by Crippen LogP contribution is -2.50. The minimum Gasteiger partial charge on any atom is -0.345 e. The molecule has 3 aromatic rings. The lowest BCUT2D eigenvalue weighted by atomic mass is 10.2. The Kier molecular flexibility index (Phi) is 4.67. The molecule has 1 N–H and O–H groups in total. The Bertz CT molecular complexity index is 1090.